The number of aliphatic hydroxyl groups excluding tert-OH is 7. The number of hydrogen-bond acceptors (Lipinski definition) is 12. The standard InChI is InChI=1S/C15H26O13/c16-3-6-10(21)13(24)15(5-17,27-6)28-14-12(23)11(22)9(20)7(26-14)4-25-2-1-8(18)19/h6-7,9-14,16-17,20-24H,1-5H2,(H,18,19)/t6-,7-,9-,10-,11+,12-,13+,14-,15+/m1/s1. The molecule has 164 valence electrons. The molecule has 0 spiro atoms. The molecule has 0 aromatic heterocycles. The Bertz CT molecular complexity index is 518. The topological polar surface area (TPSA) is 216 Å². The third kappa shape index (κ3) is 4.77. The highest BCUT2D eigenvalue weighted by molar-refractivity contribution is 5.66. The molecule has 9 atom stereocenters. The van der Waals surface area contributed by atoms with E-state index in [2.05, 4.69) is 0 Å². The lowest BCUT2D eigenvalue weighted by Crippen LogP contribution is -2.62. The maximum Gasteiger partial charge on any atom is 0.305 e. The summed E-state index contributed by atoms with van der Waals surface area (Å²) in [7, 11) is 0. The van der Waals surface area contributed by atoms with Gasteiger partial charge in [-0.1, -0.05) is 0 Å². The minimum atomic E-state index is -2.27. The number of carboxylic acids is 1. The number of carboxylic acid groups (broad SMARTS) is 1. The molecule has 13 heteroatoms. The summed E-state index contributed by atoms with van der Waals surface area (Å²) in [4.78, 5) is 10.5. The fourth-order valence-electron chi connectivity index (χ4n) is 2.98. The summed E-state index contributed by atoms with van der Waals surface area (Å²) in [5, 5.41) is 77.5. The van der Waals surface area contributed by atoms with Crippen molar-refractivity contribution < 1.29 is 64.6 Å². The summed E-state index contributed by atoms with van der Waals surface area (Å²) in [6.45, 7) is -2.24. The van der Waals surface area contributed by atoms with Crippen molar-refractivity contribution in [1.29, 1.82) is 0 Å². The number of aliphatic carboxylic acids is 1. The molecule has 2 aliphatic rings. The highest BCUT2D eigenvalue weighted by atomic mass is 16.8. The minimum Gasteiger partial charge on any atom is -0.481 e. The molecule has 28 heavy (non-hydrogen) atoms. The molecule has 0 aromatic carbocycles. The van der Waals surface area contributed by atoms with E-state index >= 15 is 0 Å². The third-order valence-electron chi connectivity index (χ3n) is 4.63. The molecule has 2 aliphatic heterocycles. The highest BCUT2D eigenvalue weighted by Gasteiger charge is 2.58. The van der Waals surface area contributed by atoms with E-state index in [1.807, 2.05) is 0 Å². The van der Waals surface area contributed by atoms with Crippen molar-refractivity contribution in [3.63, 3.8) is 0 Å². The fraction of sp³-hybridized carbons (Fsp3) is 0.933. The average Bonchev–Trinajstić information content (AvgIpc) is 2.91. The average molecular weight is 414 g/mol. The highest BCUT2D eigenvalue weighted by Crippen LogP contribution is 2.35. The van der Waals surface area contributed by atoms with Crippen LogP contribution in [0.1, 0.15) is 6.42 Å². The van der Waals surface area contributed by atoms with E-state index in [9.17, 15) is 40.5 Å². The molecular weight excluding hydrogens is 388 g/mol. The van der Waals surface area contributed by atoms with Crippen molar-refractivity contribution in [3.8, 4) is 0 Å². The van der Waals surface area contributed by atoms with Crippen LogP contribution in [0, 0.1) is 0 Å². The first kappa shape index (κ1) is 23.3. The van der Waals surface area contributed by atoms with E-state index in [4.69, 9.17) is 24.1 Å². The van der Waals surface area contributed by atoms with Gasteiger partial charge in [-0.05, 0) is 0 Å². The number of hydrogen-bond donors (Lipinski definition) is 8. The molecule has 0 radical (unpaired) electrons. The Morgan fingerprint density at radius 2 is 1.64 bits per heavy atom. The van der Waals surface area contributed by atoms with Crippen LogP contribution in [-0.2, 0) is 23.7 Å². The van der Waals surface area contributed by atoms with Crippen LogP contribution in [0.4, 0.5) is 0 Å². The third-order valence-corrected chi connectivity index (χ3v) is 4.63. The second-order valence-electron chi connectivity index (χ2n) is 6.60. The van der Waals surface area contributed by atoms with E-state index in [1.54, 1.807) is 0 Å². The van der Waals surface area contributed by atoms with Gasteiger partial charge in [-0.2, -0.15) is 0 Å². The van der Waals surface area contributed by atoms with Crippen molar-refractivity contribution in [2.45, 2.75) is 61.2 Å². The van der Waals surface area contributed by atoms with Crippen molar-refractivity contribution in [3.05, 3.63) is 0 Å². The Labute approximate surface area is 159 Å². The summed E-state index contributed by atoms with van der Waals surface area (Å²) in [6, 6.07) is 0. The van der Waals surface area contributed by atoms with E-state index < -0.39 is 74.0 Å². The van der Waals surface area contributed by atoms with E-state index in [-0.39, 0.29) is 19.6 Å². The largest absolute Gasteiger partial charge is 0.481 e. The predicted octanol–water partition coefficient (Wildman–Crippen LogP) is -4.90. The Morgan fingerprint density at radius 3 is 2.18 bits per heavy atom. The summed E-state index contributed by atoms with van der Waals surface area (Å²) in [5.41, 5.74) is 0. The molecule has 2 saturated heterocycles. The van der Waals surface area contributed by atoms with Gasteiger partial charge in [-0.15, -0.1) is 0 Å². The summed E-state index contributed by atoms with van der Waals surface area (Å²) in [5.74, 6) is -3.37. The normalized spacial score (nSPS) is 44.0. The summed E-state index contributed by atoms with van der Waals surface area (Å²) in [6.07, 6.45) is -13.2. The second kappa shape index (κ2) is 9.69. The predicted molar refractivity (Wildman–Crippen MR) is 84.6 cm³/mol. The maximum atomic E-state index is 10.5. The van der Waals surface area contributed by atoms with Crippen LogP contribution in [0.25, 0.3) is 0 Å². The molecule has 2 heterocycles. The van der Waals surface area contributed by atoms with Crippen LogP contribution >= 0.6 is 0 Å². The zero-order valence-corrected chi connectivity index (χ0v) is 14.8. The van der Waals surface area contributed by atoms with E-state index in [0.717, 1.165) is 0 Å². The summed E-state index contributed by atoms with van der Waals surface area (Å²) >= 11 is 0. The quantitative estimate of drug-likeness (QED) is 0.166. The first-order valence-electron chi connectivity index (χ1n) is 8.59. The van der Waals surface area contributed by atoms with Crippen molar-refractivity contribution in [2.24, 2.45) is 0 Å². The minimum absolute atomic E-state index is 0.196. The molecule has 0 unspecified atom stereocenters. The summed E-state index contributed by atoms with van der Waals surface area (Å²) < 4.78 is 20.9. The van der Waals surface area contributed by atoms with Crippen LogP contribution in [0.5, 0.6) is 0 Å². The van der Waals surface area contributed by atoms with E-state index in [1.165, 1.54) is 0 Å². The lowest BCUT2D eigenvalue weighted by atomic mass is 9.99. The van der Waals surface area contributed by atoms with Gasteiger partial charge in [0, 0.05) is 0 Å². The van der Waals surface area contributed by atoms with Gasteiger partial charge in [-0.3, -0.25) is 4.79 Å². The smallest absolute Gasteiger partial charge is 0.305 e. The van der Waals surface area contributed by atoms with Gasteiger partial charge in [0.2, 0.25) is 5.79 Å². The first-order valence-corrected chi connectivity index (χ1v) is 8.59. The molecule has 0 aliphatic carbocycles. The molecule has 0 bridgehead atoms. The first-order chi connectivity index (χ1) is 13.2. The Morgan fingerprint density at radius 1 is 0.964 bits per heavy atom. The van der Waals surface area contributed by atoms with Crippen LogP contribution in [0.2, 0.25) is 0 Å². The molecule has 13 nitrogen and oxygen atoms in total. The fourth-order valence-corrected chi connectivity index (χ4v) is 2.98. The molecular formula is C15H26O13. The SMILES string of the molecule is O=C(O)CCOC[C@H]1O[C@H](O[C@]2(CO)O[C@H](CO)[C@@H](O)[C@@H]2O)[C@H](O)[C@@H](O)[C@@H]1O. The van der Waals surface area contributed by atoms with Crippen LogP contribution in [-0.4, -0.2) is 128 Å². The Hall–Kier alpha value is -0.970. The van der Waals surface area contributed by atoms with Crippen molar-refractivity contribution in [2.75, 3.05) is 26.4 Å². The van der Waals surface area contributed by atoms with Gasteiger partial charge in [-0.25, -0.2) is 0 Å². The van der Waals surface area contributed by atoms with Crippen LogP contribution in [0.15, 0.2) is 0 Å². The lowest BCUT2D eigenvalue weighted by molar-refractivity contribution is -0.384. The van der Waals surface area contributed by atoms with Gasteiger partial charge < -0.3 is 59.8 Å². The van der Waals surface area contributed by atoms with Crippen molar-refractivity contribution >= 4 is 5.97 Å². The molecule has 2 rings (SSSR count). The van der Waals surface area contributed by atoms with Crippen LogP contribution < -0.4 is 0 Å². The number of carbonyl (C=O) groups is 1. The van der Waals surface area contributed by atoms with Gasteiger partial charge in [0.25, 0.3) is 0 Å². The lowest BCUT2D eigenvalue weighted by Gasteiger charge is -2.43. The molecule has 2 fully saturated rings. The number of ether oxygens (including phenoxy) is 4. The molecule has 0 aromatic rings. The Kier molecular flexibility index (Phi) is 8.06. The Balaban J connectivity index is 2.07. The molecule has 0 saturated carbocycles. The number of aliphatic hydroxyl groups is 7. The monoisotopic (exact) mass is 414 g/mol. The van der Waals surface area contributed by atoms with Gasteiger partial charge in [0.15, 0.2) is 6.29 Å². The zero-order valence-electron chi connectivity index (χ0n) is 14.8. The van der Waals surface area contributed by atoms with Crippen molar-refractivity contribution in [1.82, 2.24) is 0 Å². The second-order valence-corrected chi connectivity index (χ2v) is 6.60. The van der Waals surface area contributed by atoms with E-state index in [0.29, 0.717) is 0 Å². The van der Waals surface area contributed by atoms with Gasteiger partial charge >= 0.3 is 5.97 Å². The maximum absolute atomic E-state index is 10.5. The molecule has 0 amide bonds. The van der Waals surface area contributed by atoms with Gasteiger partial charge in [0.1, 0.15) is 49.3 Å². The number of rotatable bonds is 9. The van der Waals surface area contributed by atoms with Crippen LogP contribution in [0.3, 0.4) is 0 Å². The molecule has 8 N–H and O–H groups in total. The van der Waals surface area contributed by atoms with Gasteiger partial charge in [0.05, 0.1) is 26.2 Å². The zero-order chi connectivity index (χ0) is 21.1.